The lowest BCUT2D eigenvalue weighted by Crippen LogP contribution is -2.46. The number of carboxylic acid groups (broad SMARTS) is 1. The van der Waals surface area contributed by atoms with E-state index in [1.165, 1.54) is 0 Å². The van der Waals surface area contributed by atoms with Crippen LogP contribution < -0.4 is 0 Å². The Morgan fingerprint density at radius 3 is 2.33 bits per heavy atom. The quantitative estimate of drug-likeness (QED) is 0.820. The Labute approximate surface area is 109 Å². The monoisotopic (exact) mass is 256 g/mol. The van der Waals surface area contributed by atoms with Crippen LogP contribution in [0.2, 0.25) is 0 Å². The zero-order valence-electron chi connectivity index (χ0n) is 11.9. The van der Waals surface area contributed by atoms with Gasteiger partial charge in [-0.25, -0.2) is 4.79 Å². The number of likely N-dealkylation sites (tertiary alicyclic amines) is 1. The van der Waals surface area contributed by atoms with Gasteiger partial charge in [0.25, 0.3) is 0 Å². The SMILES string of the molecule is CC1C(C(=O)O)CCN1C(=O)N(C)CC(C)(C)C. The molecule has 18 heavy (non-hydrogen) atoms. The van der Waals surface area contributed by atoms with Crippen LogP contribution in [0, 0.1) is 11.3 Å². The van der Waals surface area contributed by atoms with E-state index in [-0.39, 0.29) is 17.5 Å². The van der Waals surface area contributed by atoms with Crippen molar-refractivity contribution in [3.8, 4) is 0 Å². The molecule has 1 N–H and O–H groups in total. The highest BCUT2D eigenvalue weighted by Crippen LogP contribution is 2.26. The fraction of sp³-hybridized carbons (Fsp3) is 0.846. The predicted octanol–water partition coefficient (Wildman–Crippen LogP) is 1.88. The number of urea groups is 1. The van der Waals surface area contributed by atoms with E-state index < -0.39 is 11.9 Å². The fourth-order valence-corrected chi connectivity index (χ4v) is 2.54. The summed E-state index contributed by atoms with van der Waals surface area (Å²) in [4.78, 5) is 26.6. The molecule has 0 aromatic heterocycles. The minimum Gasteiger partial charge on any atom is -0.481 e. The molecular formula is C13H24N2O3. The second kappa shape index (κ2) is 5.16. The minimum absolute atomic E-state index is 0.0412. The number of carbonyl (C=O) groups is 2. The Hall–Kier alpha value is -1.26. The van der Waals surface area contributed by atoms with Crippen LogP contribution in [0.5, 0.6) is 0 Å². The first-order chi connectivity index (χ1) is 8.13. The van der Waals surface area contributed by atoms with Gasteiger partial charge in [-0.15, -0.1) is 0 Å². The van der Waals surface area contributed by atoms with Crippen molar-refractivity contribution in [2.45, 2.75) is 40.2 Å². The van der Waals surface area contributed by atoms with Crippen molar-refractivity contribution < 1.29 is 14.7 Å². The van der Waals surface area contributed by atoms with E-state index >= 15 is 0 Å². The number of nitrogens with zero attached hydrogens (tertiary/aromatic N) is 2. The number of hydrogen-bond donors (Lipinski definition) is 1. The Morgan fingerprint density at radius 1 is 1.39 bits per heavy atom. The summed E-state index contributed by atoms with van der Waals surface area (Å²) in [5.41, 5.74) is 0.0412. The Bertz CT molecular complexity index is 336. The van der Waals surface area contributed by atoms with Crippen molar-refractivity contribution in [2.75, 3.05) is 20.1 Å². The van der Waals surface area contributed by atoms with Crippen molar-refractivity contribution in [2.24, 2.45) is 11.3 Å². The molecule has 2 amide bonds. The number of carboxylic acids is 1. The topological polar surface area (TPSA) is 60.9 Å². The first kappa shape index (κ1) is 14.8. The number of amides is 2. The van der Waals surface area contributed by atoms with Gasteiger partial charge in [-0.3, -0.25) is 4.79 Å². The molecule has 1 aliphatic rings. The van der Waals surface area contributed by atoms with E-state index in [2.05, 4.69) is 20.8 Å². The van der Waals surface area contributed by atoms with E-state index in [1.807, 2.05) is 6.92 Å². The zero-order chi connectivity index (χ0) is 14.1. The number of rotatable bonds is 2. The minimum atomic E-state index is -0.809. The normalized spacial score (nSPS) is 24.2. The molecule has 0 saturated carbocycles. The van der Waals surface area contributed by atoms with Crippen LogP contribution in [-0.2, 0) is 4.79 Å². The first-order valence-corrected chi connectivity index (χ1v) is 6.38. The molecule has 0 bridgehead atoms. The van der Waals surface area contributed by atoms with E-state index in [1.54, 1.807) is 16.8 Å². The molecule has 1 rings (SSSR count). The molecule has 0 aromatic carbocycles. The molecule has 1 heterocycles. The molecule has 5 heteroatoms. The van der Waals surface area contributed by atoms with Gasteiger partial charge in [0.05, 0.1) is 5.92 Å². The van der Waals surface area contributed by atoms with Gasteiger partial charge >= 0.3 is 12.0 Å². The van der Waals surface area contributed by atoms with Gasteiger partial charge < -0.3 is 14.9 Å². The summed E-state index contributed by atoms with van der Waals surface area (Å²) in [6.45, 7) is 9.23. The van der Waals surface area contributed by atoms with Gasteiger partial charge in [-0.2, -0.15) is 0 Å². The molecule has 1 saturated heterocycles. The summed E-state index contributed by atoms with van der Waals surface area (Å²) in [7, 11) is 1.77. The van der Waals surface area contributed by atoms with Gasteiger partial charge in [0.1, 0.15) is 0 Å². The van der Waals surface area contributed by atoms with Crippen molar-refractivity contribution in [3.05, 3.63) is 0 Å². The van der Waals surface area contributed by atoms with Crippen LogP contribution in [0.25, 0.3) is 0 Å². The summed E-state index contributed by atoms with van der Waals surface area (Å²) in [6, 6.07) is -0.293. The highest BCUT2D eigenvalue weighted by Gasteiger charge is 2.39. The highest BCUT2D eigenvalue weighted by molar-refractivity contribution is 5.78. The molecule has 5 nitrogen and oxygen atoms in total. The van der Waals surface area contributed by atoms with Gasteiger partial charge in [0, 0.05) is 26.2 Å². The number of hydrogen-bond acceptors (Lipinski definition) is 2. The smallest absolute Gasteiger partial charge is 0.320 e. The summed E-state index contributed by atoms with van der Waals surface area (Å²) in [6.07, 6.45) is 0.547. The van der Waals surface area contributed by atoms with E-state index in [0.717, 1.165) is 0 Å². The maximum Gasteiger partial charge on any atom is 0.320 e. The van der Waals surface area contributed by atoms with E-state index in [0.29, 0.717) is 19.5 Å². The van der Waals surface area contributed by atoms with Crippen LogP contribution >= 0.6 is 0 Å². The lowest BCUT2D eigenvalue weighted by Gasteiger charge is -2.32. The van der Waals surface area contributed by atoms with Crippen LogP contribution in [-0.4, -0.2) is 53.1 Å². The standard InChI is InChI=1S/C13H24N2O3/c1-9-10(11(16)17)6-7-15(9)12(18)14(5)8-13(2,3)4/h9-10H,6-8H2,1-5H3,(H,16,17). The Balaban J connectivity index is 2.66. The molecule has 104 valence electrons. The molecule has 0 radical (unpaired) electrons. The predicted molar refractivity (Wildman–Crippen MR) is 69.4 cm³/mol. The second-order valence-electron chi connectivity index (χ2n) is 6.37. The third kappa shape index (κ3) is 3.37. The summed E-state index contributed by atoms with van der Waals surface area (Å²) >= 11 is 0. The molecule has 0 spiro atoms. The van der Waals surface area contributed by atoms with Crippen molar-refractivity contribution in [3.63, 3.8) is 0 Å². The zero-order valence-corrected chi connectivity index (χ0v) is 11.9. The lowest BCUT2D eigenvalue weighted by atomic mass is 9.96. The average Bonchev–Trinajstić information content (AvgIpc) is 2.56. The number of carbonyl (C=O) groups excluding carboxylic acids is 1. The second-order valence-corrected chi connectivity index (χ2v) is 6.37. The lowest BCUT2D eigenvalue weighted by molar-refractivity contribution is -0.142. The maximum absolute atomic E-state index is 12.3. The fourth-order valence-electron chi connectivity index (χ4n) is 2.54. The van der Waals surface area contributed by atoms with Crippen LogP contribution in [0.15, 0.2) is 0 Å². The first-order valence-electron chi connectivity index (χ1n) is 6.38. The van der Waals surface area contributed by atoms with Crippen molar-refractivity contribution in [1.29, 1.82) is 0 Å². The maximum atomic E-state index is 12.3. The van der Waals surface area contributed by atoms with Gasteiger partial charge in [-0.1, -0.05) is 20.8 Å². The van der Waals surface area contributed by atoms with Crippen LogP contribution in [0.3, 0.4) is 0 Å². The largest absolute Gasteiger partial charge is 0.481 e. The summed E-state index contributed by atoms with van der Waals surface area (Å²) < 4.78 is 0. The summed E-state index contributed by atoms with van der Waals surface area (Å²) in [5.74, 6) is -1.24. The van der Waals surface area contributed by atoms with Crippen LogP contribution in [0.1, 0.15) is 34.1 Å². The molecule has 0 aromatic rings. The third-order valence-corrected chi connectivity index (χ3v) is 3.36. The van der Waals surface area contributed by atoms with Gasteiger partial charge in [-0.05, 0) is 18.8 Å². The van der Waals surface area contributed by atoms with Gasteiger partial charge in [0.15, 0.2) is 0 Å². The Morgan fingerprint density at radius 2 is 1.94 bits per heavy atom. The highest BCUT2D eigenvalue weighted by atomic mass is 16.4. The van der Waals surface area contributed by atoms with E-state index in [9.17, 15) is 9.59 Å². The molecular weight excluding hydrogens is 232 g/mol. The molecule has 2 unspecified atom stereocenters. The molecule has 0 aliphatic carbocycles. The average molecular weight is 256 g/mol. The Kier molecular flexibility index (Phi) is 4.24. The van der Waals surface area contributed by atoms with Crippen molar-refractivity contribution >= 4 is 12.0 Å². The molecule has 1 fully saturated rings. The summed E-state index contributed by atoms with van der Waals surface area (Å²) in [5, 5.41) is 9.06. The van der Waals surface area contributed by atoms with Crippen molar-refractivity contribution in [1.82, 2.24) is 9.80 Å². The van der Waals surface area contributed by atoms with E-state index in [4.69, 9.17) is 5.11 Å². The third-order valence-electron chi connectivity index (χ3n) is 3.36. The van der Waals surface area contributed by atoms with Gasteiger partial charge in [0.2, 0.25) is 0 Å². The molecule has 2 atom stereocenters. The van der Waals surface area contributed by atoms with Crippen LogP contribution in [0.4, 0.5) is 4.79 Å². The number of aliphatic carboxylic acids is 1. The molecule has 1 aliphatic heterocycles.